The number of hydrogen-bond donors (Lipinski definition) is 1. The lowest BCUT2D eigenvalue weighted by molar-refractivity contribution is 0.112. The molecule has 1 aromatic rings. The Morgan fingerprint density at radius 1 is 1.47 bits per heavy atom. The van der Waals surface area contributed by atoms with Gasteiger partial charge in [0, 0.05) is 18.3 Å². The summed E-state index contributed by atoms with van der Waals surface area (Å²) in [7, 11) is 6.30. The number of nitrogens with one attached hydrogen (secondary N) is 1. The van der Waals surface area contributed by atoms with Crippen molar-refractivity contribution in [1.82, 2.24) is 20.0 Å². The van der Waals surface area contributed by atoms with E-state index in [1.165, 1.54) is 5.69 Å². The van der Waals surface area contributed by atoms with E-state index in [2.05, 4.69) is 60.9 Å². The summed E-state index contributed by atoms with van der Waals surface area (Å²) in [6.07, 6.45) is 2.97. The highest BCUT2D eigenvalue weighted by atomic mass is 15.3. The molecule has 0 saturated carbocycles. The Hall–Kier alpha value is -0.870. The quantitative estimate of drug-likeness (QED) is 0.821. The summed E-state index contributed by atoms with van der Waals surface area (Å²) in [5, 5.41) is 7.82. The lowest BCUT2D eigenvalue weighted by Gasteiger charge is -2.42. The van der Waals surface area contributed by atoms with Crippen LogP contribution in [0, 0.1) is 0 Å². The average Bonchev–Trinajstić information content (AvgIpc) is 2.77. The highest BCUT2D eigenvalue weighted by Gasteiger charge is 2.36. The summed E-state index contributed by atoms with van der Waals surface area (Å²) >= 11 is 0. The molecular weight excluding hydrogens is 212 g/mol. The van der Waals surface area contributed by atoms with Gasteiger partial charge < -0.3 is 10.2 Å². The molecule has 0 saturated heterocycles. The summed E-state index contributed by atoms with van der Waals surface area (Å²) < 4.78 is 2.07. The van der Waals surface area contributed by atoms with Gasteiger partial charge in [-0.1, -0.05) is 6.92 Å². The number of rotatable bonds is 6. The Kier molecular flexibility index (Phi) is 4.71. The third-order valence-electron chi connectivity index (χ3n) is 3.99. The Bertz CT molecular complexity index is 345. The van der Waals surface area contributed by atoms with Gasteiger partial charge in [-0.3, -0.25) is 4.68 Å². The van der Waals surface area contributed by atoms with Gasteiger partial charge in [-0.15, -0.1) is 0 Å². The standard InChI is InChI=1S/C13H26N4/c1-7-13(3,16(5)6)12(14-4)11-9-10-15-17(11)8-2/h9-10,12,14H,7-8H2,1-6H3. The molecule has 0 aromatic carbocycles. The van der Waals surface area contributed by atoms with Crippen molar-refractivity contribution >= 4 is 0 Å². The van der Waals surface area contributed by atoms with Gasteiger partial charge in [-0.2, -0.15) is 5.10 Å². The monoisotopic (exact) mass is 238 g/mol. The Balaban J connectivity index is 3.14. The van der Waals surface area contributed by atoms with E-state index in [1.807, 2.05) is 13.2 Å². The molecule has 0 bridgehead atoms. The number of hydrogen-bond acceptors (Lipinski definition) is 3. The zero-order chi connectivity index (χ0) is 13.1. The second-order valence-electron chi connectivity index (χ2n) is 4.90. The van der Waals surface area contributed by atoms with Gasteiger partial charge >= 0.3 is 0 Å². The van der Waals surface area contributed by atoms with Gasteiger partial charge in [-0.05, 0) is 47.5 Å². The van der Waals surface area contributed by atoms with Crippen molar-refractivity contribution < 1.29 is 0 Å². The van der Waals surface area contributed by atoms with Crippen LogP contribution in [0.2, 0.25) is 0 Å². The molecule has 1 N–H and O–H groups in total. The zero-order valence-electron chi connectivity index (χ0n) is 12.0. The number of likely N-dealkylation sites (N-methyl/N-ethyl adjacent to an activating group) is 2. The molecule has 4 nitrogen and oxygen atoms in total. The molecule has 0 spiro atoms. The lowest BCUT2D eigenvalue weighted by Crippen LogP contribution is -2.51. The van der Waals surface area contributed by atoms with Crippen molar-refractivity contribution in [1.29, 1.82) is 0 Å². The normalized spacial score (nSPS) is 17.1. The molecule has 0 aliphatic heterocycles. The van der Waals surface area contributed by atoms with E-state index in [9.17, 15) is 0 Å². The largest absolute Gasteiger partial charge is 0.310 e. The molecule has 17 heavy (non-hydrogen) atoms. The predicted molar refractivity (Wildman–Crippen MR) is 72.1 cm³/mol. The van der Waals surface area contributed by atoms with Crippen LogP contribution in [0.3, 0.4) is 0 Å². The molecule has 0 aliphatic rings. The summed E-state index contributed by atoms with van der Waals surface area (Å²) in [6, 6.07) is 2.40. The molecule has 98 valence electrons. The average molecular weight is 238 g/mol. The minimum absolute atomic E-state index is 0.0850. The fourth-order valence-electron chi connectivity index (χ4n) is 2.41. The first-order chi connectivity index (χ1) is 8.01. The van der Waals surface area contributed by atoms with Crippen molar-refractivity contribution in [2.45, 2.75) is 45.3 Å². The van der Waals surface area contributed by atoms with E-state index >= 15 is 0 Å². The van der Waals surface area contributed by atoms with Crippen molar-refractivity contribution in [3.8, 4) is 0 Å². The Labute approximate surface area is 105 Å². The maximum atomic E-state index is 4.37. The Morgan fingerprint density at radius 3 is 2.53 bits per heavy atom. The molecule has 4 heteroatoms. The number of nitrogens with zero attached hydrogens (tertiary/aromatic N) is 3. The summed E-state index contributed by atoms with van der Waals surface area (Å²) in [5.74, 6) is 0. The zero-order valence-corrected chi connectivity index (χ0v) is 12.0. The fraction of sp³-hybridized carbons (Fsp3) is 0.769. The summed E-state index contributed by atoms with van der Waals surface area (Å²) in [4.78, 5) is 2.29. The second kappa shape index (κ2) is 5.65. The molecule has 1 heterocycles. The van der Waals surface area contributed by atoms with Crippen LogP contribution in [0.4, 0.5) is 0 Å². The highest BCUT2D eigenvalue weighted by molar-refractivity contribution is 5.14. The third-order valence-corrected chi connectivity index (χ3v) is 3.99. The van der Waals surface area contributed by atoms with Gasteiger partial charge in [0.15, 0.2) is 0 Å². The maximum absolute atomic E-state index is 4.37. The number of aryl methyl sites for hydroxylation is 1. The van der Waals surface area contributed by atoms with Gasteiger partial charge in [0.05, 0.1) is 11.7 Å². The predicted octanol–water partition coefficient (Wildman–Crippen LogP) is 1.89. The molecule has 1 aromatic heterocycles. The highest BCUT2D eigenvalue weighted by Crippen LogP contribution is 2.32. The molecular formula is C13H26N4. The molecule has 0 aliphatic carbocycles. The van der Waals surface area contributed by atoms with E-state index in [0.29, 0.717) is 0 Å². The van der Waals surface area contributed by atoms with Crippen molar-refractivity contribution in [3.05, 3.63) is 18.0 Å². The van der Waals surface area contributed by atoms with Gasteiger partial charge in [0.2, 0.25) is 0 Å². The van der Waals surface area contributed by atoms with E-state index in [1.54, 1.807) is 0 Å². The third kappa shape index (κ3) is 2.53. The van der Waals surface area contributed by atoms with Crippen molar-refractivity contribution in [2.75, 3.05) is 21.1 Å². The van der Waals surface area contributed by atoms with Gasteiger partial charge in [0.25, 0.3) is 0 Å². The van der Waals surface area contributed by atoms with E-state index in [4.69, 9.17) is 0 Å². The van der Waals surface area contributed by atoms with Crippen LogP contribution in [0.5, 0.6) is 0 Å². The molecule has 0 radical (unpaired) electrons. The minimum Gasteiger partial charge on any atom is -0.310 e. The van der Waals surface area contributed by atoms with Crippen LogP contribution in [-0.4, -0.2) is 41.4 Å². The smallest absolute Gasteiger partial charge is 0.0673 e. The topological polar surface area (TPSA) is 33.1 Å². The van der Waals surface area contributed by atoms with Gasteiger partial charge in [0.1, 0.15) is 0 Å². The lowest BCUT2D eigenvalue weighted by atomic mass is 9.86. The molecule has 2 atom stereocenters. The van der Waals surface area contributed by atoms with E-state index < -0.39 is 0 Å². The maximum Gasteiger partial charge on any atom is 0.0673 e. The van der Waals surface area contributed by atoms with Crippen LogP contribution in [0.1, 0.15) is 38.9 Å². The van der Waals surface area contributed by atoms with Crippen molar-refractivity contribution in [3.63, 3.8) is 0 Å². The molecule has 0 fully saturated rings. The van der Waals surface area contributed by atoms with Crippen molar-refractivity contribution in [2.24, 2.45) is 0 Å². The molecule has 1 rings (SSSR count). The van der Waals surface area contributed by atoms with Crippen LogP contribution in [0.15, 0.2) is 12.3 Å². The fourth-order valence-corrected chi connectivity index (χ4v) is 2.41. The van der Waals surface area contributed by atoms with Crippen LogP contribution < -0.4 is 5.32 Å². The molecule has 0 amide bonds. The van der Waals surface area contributed by atoms with E-state index in [-0.39, 0.29) is 11.6 Å². The summed E-state index contributed by atoms with van der Waals surface area (Å²) in [5.41, 5.74) is 1.34. The van der Waals surface area contributed by atoms with Crippen LogP contribution in [0.25, 0.3) is 0 Å². The SMILES string of the molecule is CCn1nccc1C(NC)C(C)(CC)N(C)C. The summed E-state index contributed by atoms with van der Waals surface area (Å²) in [6.45, 7) is 7.56. The first-order valence-electron chi connectivity index (χ1n) is 6.37. The second-order valence-corrected chi connectivity index (χ2v) is 4.90. The van der Waals surface area contributed by atoms with E-state index in [0.717, 1.165) is 13.0 Å². The first kappa shape index (κ1) is 14.2. The van der Waals surface area contributed by atoms with Crippen LogP contribution >= 0.6 is 0 Å². The Morgan fingerprint density at radius 2 is 2.12 bits per heavy atom. The number of aromatic nitrogens is 2. The minimum atomic E-state index is 0.0850. The van der Waals surface area contributed by atoms with Gasteiger partial charge in [-0.25, -0.2) is 0 Å². The van der Waals surface area contributed by atoms with Crippen LogP contribution in [-0.2, 0) is 6.54 Å². The first-order valence-corrected chi connectivity index (χ1v) is 6.37. The molecule has 2 unspecified atom stereocenters.